The van der Waals surface area contributed by atoms with E-state index in [0.717, 1.165) is 19.6 Å². The summed E-state index contributed by atoms with van der Waals surface area (Å²) in [4.78, 5) is 29.4. The SMILES string of the molecule is CC(=O)Nc1nc(C(=O)NCCN2CCCCCC2)cs1. The second-order valence-electron chi connectivity index (χ2n) is 5.23. The van der Waals surface area contributed by atoms with Crippen molar-refractivity contribution in [2.75, 3.05) is 31.5 Å². The maximum absolute atomic E-state index is 12.0. The highest BCUT2D eigenvalue weighted by Gasteiger charge is 2.12. The number of amides is 2. The smallest absolute Gasteiger partial charge is 0.270 e. The summed E-state index contributed by atoms with van der Waals surface area (Å²) >= 11 is 1.26. The molecule has 0 atom stereocenters. The maximum Gasteiger partial charge on any atom is 0.270 e. The van der Waals surface area contributed by atoms with Gasteiger partial charge in [-0.3, -0.25) is 9.59 Å². The summed E-state index contributed by atoms with van der Waals surface area (Å²) in [5.74, 6) is -0.366. The number of carbonyl (C=O) groups excluding carboxylic acids is 2. The lowest BCUT2D eigenvalue weighted by Crippen LogP contribution is -2.35. The van der Waals surface area contributed by atoms with Crippen LogP contribution in [0.15, 0.2) is 5.38 Å². The van der Waals surface area contributed by atoms with Crippen molar-refractivity contribution >= 4 is 28.3 Å². The molecular weight excluding hydrogens is 288 g/mol. The number of hydrogen-bond acceptors (Lipinski definition) is 5. The van der Waals surface area contributed by atoms with Crippen LogP contribution in [0.2, 0.25) is 0 Å². The summed E-state index contributed by atoms with van der Waals surface area (Å²) in [6, 6.07) is 0. The molecule has 7 heteroatoms. The van der Waals surface area contributed by atoms with Gasteiger partial charge in [0.2, 0.25) is 5.91 Å². The van der Waals surface area contributed by atoms with Gasteiger partial charge in [-0.15, -0.1) is 11.3 Å². The van der Waals surface area contributed by atoms with E-state index in [-0.39, 0.29) is 11.8 Å². The lowest BCUT2D eigenvalue weighted by molar-refractivity contribution is -0.114. The van der Waals surface area contributed by atoms with Crippen molar-refractivity contribution < 1.29 is 9.59 Å². The minimum atomic E-state index is -0.183. The summed E-state index contributed by atoms with van der Waals surface area (Å²) in [5, 5.41) is 7.58. The third-order valence-electron chi connectivity index (χ3n) is 3.43. The Labute approximate surface area is 128 Å². The Hall–Kier alpha value is -1.47. The molecule has 0 aliphatic carbocycles. The van der Waals surface area contributed by atoms with Gasteiger partial charge in [-0.1, -0.05) is 12.8 Å². The van der Waals surface area contributed by atoms with E-state index in [2.05, 4.69) is 20.5 Å². The second kappa shape index (κ2) is 8.09. The predicted molar refractivity (Wildman–Crippen MR) is 83.7 cm³/mol. The zero-order valence-electron chi connectivity index (χ0n) is 12.4. The topological polar surface area (TPSA) is 74.3 Å². The Balaban J connectivity index is 1.73. The van der Waals surface area contributed by atoms with Crippen molar-refractivity contribution in [2.45, 2.75) is 32.6 Å². The van der Waals surface area contributed by atoms with E-state index in [1.54, 1.807) is 5.38 Å². The minimum Gasteiger partial charge on any atom is -0.349 e. The van der Waals surface area contributed by atoms with Crippen molar-refractivity contribution in [3.63, 3.8) is 0 Å². The molecule has 1 aromatic heterocycles. The summed E-state index contributed by atoms with van der Waals surface area (Å²) in [7, 11) is 0. The van der Waals surface area contributed by atoms with Gasteiger partial charge in [-0.25, -0.2) is 4.98 Å². The van der Waals surface area contributed by atoms with E-state index in [1.165, 1.54) is 43.9 Å². The van der Waals surface area contributed by atoms with Crippen LogP contribution in [0, 0.1) is 0 Å². The van der Waals surface area contributed by atoms with Gasteiger partial charge in [0.05, 0.1) is 0 Å². The normalized spacial score (nSPS) is 16.2. The number of aromatic nitrogens is 1. The first-order chi connectivity index (χ1) is 10.1. The molecule has 2 heterocycles. The average molecular weight is 310 g/mol. The third-order valence-corrected chi connectivity index (χ3v) is 4.19. The average Bonchev–Trinajstić information content (AvgIpc) is 2.74. The Morgan fingerprint density at radius 2 is 2.00 bits per heavy atom. The van der Waals surface area contributed by atoms with Gasteiger partial charge in [-0.05, 0) is 25.9 Å². The zero-order valence-corrected chi connectivity index (χ0v) is 13.2. The van der Waals surface area contributed by atoms with E-state index in [1.807, 2.05) is 0 Å². The number of carbonyl (C=O) groups is 2. The Bertz CT molecular complexity index is 481. The molecule has 21 heavy (non-hydrogen) atoms. The first-order valence-corrected chi connectivity index (χ1v) is 8.27. The first kappa shape index (κ1) is 15.9. The molecular formula is C14H22N4O2S. The van der Waals surface area contributed by atoms with Crippen LogP contribution in [0.1, 0.15) is 43.1 Å². The summed E-state index contributed by atoms with van der Waals surface area (Å²) in [6.45, 7) is 5.18. The molecule has 116 valence electrons. The van der Waals surface area contributed by atoms with E-state index in [4.69, 9.17) is 0 Å². The van der Waals surface area contributed by atoms with Crippen molar-refractivity contribution in [1.82, 2.24) is 15.2 Å². The quantitative estimate of drug-likeness (QED) is 0.868. The van der Waals surface area contributed by atoms with Gasteiger partial charge in [0.15, 0.2) is 5.13 Å². The van der Waals surface area contributed by atoms with Gasteiger partial charge in [0, 0.05) is 25.4 Å². The molecule has 0 unspecified atom stereocenters. The van der Waals surface area contributed by atoms with Crippen LogP contribution in [0.5, 0.6) is 0 Å². The molecule has 0 spiro atoms. The summed E-state index contributed by atoms with van der Waals surface area (Å²) < 4.78 is 0. The fraction of sp³-hybridized carbons (Fsp3) is 0.643. The second-order valence-corrected chi connectivity index (χ2v) is 6.09. The largest absolute Gasteiger partial charge is 0.349 e. The van der Waals surface area contributed by atoms with Crippen LogP contribution >= 0.6 is 11.3 Å². The number of hydrogen-bond donors (Lipinski definition) is 2. The van der Waals surface area contributed by atoms with Gasteiger partial charge in [-0.2, -0.15) is 0 Å². The van der Waals surface area contributed by atoms with Crippen molar-refractivity contribution in [2.24, 2.45) is 0 Å². The highest BCUT2D eigenvalue weighted by molar-refractivity contribution is 7.14. The number of nitrogens with zero attached hydrogens (tertiary/aromatic N) is 2. The number of rotatable bonds is 5. The molecule has 1 aliphatic rings. The van der Waals surface area contributed by atoms with Crippen molar-refractivity contribution in [3.8, 4) is 0 Å². The van der Waals surface area contributed by atoms with E-state index < -0.39 is 0 Å². The molecule has 0 aromatic carbocycles. The fourth-order valence-corrected chi connectivity index (χ4v) is 3.10. The van der Waals surface area contributed by atoms with Gasteiger partial charge >= 0.3 is 0 Å². The Morgan fingerprint density at radius 3 is 2.67 bits per heavy atom. The molecule has 1 aromatic rings. The molecule has 6 nitrogen and oxygen atoms in total. The van der Waals surface area contributed by atoms with Crippen LogP contribution < -0.4 is 10.6 Å². The monoisotopic (exact) mass is 310 g/mol. The van der Waals surface area contributed by atoms with Gasteiger partial charge in [0.25, 0.3) is 5.91 Å². The van der Waals surface area contributed by atoms with E-state index in [0.29, 0.717) is 17.4 Å². The third kappa shape index (κ3) is 5.43. The molecule has 0 radical (unpaired) electrons. The molecule has 2 rings (SSSR count). The molecule has 1 aliphatic heterocycles. The highest BCUT2D eigenvalue weighted by Crippen LogP contribution is 2.15. The molecule has 0 bridgehead atoms. The molecule has 1 saturated heterocycles. The number of anilines is 1. The molecule has 2 N–H and O–H groups in total. The van der Waals surface area contributed by atoms with Gasteiger partial charge in [0.1, 0.15) is 5.69 Å². The summed E-state index contributed by atoms with van der Waals surface area (Å²) in [6.07, 6.45) is 5.13. The van der Waals surface area contributed by atoms with E-state index in [9.17, 15) is 9.59 Å². The Morgan fingerprint density at radius 1 is 1.29 bits per heavy atom. The fourth-order valence-electron chi connectivity index (χ4n) is 2.36. The minimum absolute atomic E-state index is 0.183. The van der Waals surface area contributed by atoms with E-state index >= 15 is 0 Å². The molecule has 0 saturated carbocycles. The number of nitrogens with one attached hydrogen (secondary N) is 2. The lowest BCUT2D eigenvalue weighted by Gasteiger charge is -2.19. The predicted octanol–water partition coefficient (Wildman–Crippen LogP) is 1.71. The number of thiazole rings is 1. The standard InChI is InChI=1S/C14H22N4O2S/c1-11(19)16-14-17-12(10-21-14)13(20)15-6-9-18-7-4-2-3-5-8-18/h10H,2-9H2,1H3,(H,15,20)(H,16,17,19). The zero-order chi connectivity index (χ0) is 15.1. The van der Waals surface area contributed by atoms with Crippen LogP contribution in [-0.2, 0) is 4.79 Å². The Kier molecular flexibility index (Phi) is 6.13. The lowest BCUT2D eigenvalue weighted by atomic mass is 10.2. The number of likely N-dealkylation sites (tertiary alicyclic amines) is 1. The van der Waals surface area contributed by atoms with Crippen LogP contribution in [-0.4, -0.2) is 47.9 Å². The molecule has 2 amide bonds. The van der Waals surface area contributed by atoms with Crippen molar-refractivity contribution in [3.05, 3.63) is 11.1 Å². The van der Waals surface area contributed by atoms with Crippen molar-refractivity contribution in [1.29, 1.82) is 0 Å². The van der Waals surface area contributed by atoms with Crippen LogP contribution in [0.25, 0.3) is 0 Å². The summed E-state index contributed by atoms with van der Waals surface area (Å²) in [5.41, 5.74) is 0.361. The first-order valence-electron chi connectivity index (χ1n) is 7.39. The molecule has 1 fully saturated rings. The van der Waals surface area contributed by atoms with Gasteiger partial charge < -0.3 is 15.5 Å². The van der Waals surface area contributed by atoms with Crippen LogP contribution in [0.4, 0.5) is 5.13 Å². The maximum atomic E-state index is 12.0. The highest BCUT2D eigenvalue weighted by atomic mass is 32.1. The van der Waals surface area contributed by atoms with Crippen LogP contribution in [0.3, 0.4) is 0 Å².